The zero-order valence-electron chi connectivity index (χ0n) is 15.2. The van der Waals surface area contributed by atoms with Gasteiger partial charge in [-0.2, -0.15) is 0 Å². The average molecular weight is 377 g/mol. The Kier molecular flexibility index (Phi) is 4.58. The third-order valence-corrected chi connectivity index (χ3v) is 5.64. The Morgan fingerprint density at radius 3 is 2.63 bits per heavy atom. The molecule has 27 heavy (non-hydrogen) atoms. The second-order valence-electron chi connectivity index (χ2n) is 6.81. The molecule has 1 amide bonds. The molecule has 0 bridgehead atoms. The van der Waals surface area contributed by atoms with E-state index in [1.54, 1.807) is 19.2 Å². The van der Waals surface area contributed by atoms with E-state index < -0.39 is 0 Å². The Morgan fingerprint density at radius 2 is 1.96 bits per heavy atom. The van der Waals surface area contributed by atoms with E-state index >= 15 is 0 Å². The summed E-state index contributed by atoms with van der Waals surface area (Å²) < 4.78 is 0. The maximum atomic E-state index is 12.1. The standard InChI is InChI=1S/C21H19N3O2S/c1-12-4-3-5-15(10-12)19-20(17-9-8-16(27-17)13(2)25)23-18(11-22-19)24-21(26)14-6-7-14/h3-5,8-11,14H,6-7H2,1-2H3,(H,23,24,26). The number of aryl methyl sites for hydroxylation is 1. The van der Waals surface area contributed by atoms with Crippen LogP contribution in [0, 0.1) is 12.8 Å². The summed E-state index contributed by atoms with van der Waals surface area (Å²) in [6.45, 7) is 3.58. The number of hydrogen-bond donors (Lipinski definition) is 1. The number of carbonyl (C=O) groups is 2. The molecule has 136 valence electrons. The first-order chi connectivity index (χ1) is 13.0. The zero-order chi connectivity index (χ0) is 19.0. The van der Waals surface area contributed by atoms with Gasteiger partial charge in [0.1, 0.15) is 5.69 Å². The first-order valence-corrected chi connectivity index (χ1v) is 9.69. The van der Waals surface area contributed by atoms with Gasteiger partial charge in [-0.3, -0.25) is 14.6 Å². The monoisotopic (exact) mass is 377 g/mol. The third kappa shape index (κ3) is 3.80. The molecule has 0 atom stereocenters. The highest BCUT2D eigenvalue weighted by atomic mass is 32.1. The molecule has 1 aromatic carbocycles. The lowest BCUT2D eigenvalue weighted by molar-refractivity contribution is -0.117. The summed E-state index contributed by atoms with van der Waals surface area (Å²) in [6.07, 6.45) is 3.46. The lowest BCUT2D eigenvalue weighted by atomic mass is 10.1. The summed E-state index contributed by atoms with van der Waals surface area (Å²) in [5, 5.41) is 2.86. The molecule has 2 aromatic heterocycles. The topological polar surface area (TPSA) is 72.0 Å². The SMILES string of the molecule is CC(=O)c1ccc(-c2nc(NC(=O)C3CC3)cnc2-c2cccc(C)c2)s1. The van der Waals surface area contributed by atoms with E-state index in [0.29, 0.717) is 16.4 Å². The van der Waals surface area contributed by atoms with E-state index in [4.69, 9.17) is 0 Å². The Balaban J connectivity index is 1.79. The molecule has 2 heterocycles. The van der Waals surface area contributed by atoms with Gasteiger partial charge in [-0.15, -0.1) is 11.3 Å². The largest absolute Gasteiger partial charge is 0.309 e. The van der Waals surface area contributed by atoms with Crippen molar-refractivity contribution in [3.63, 3.8) is 0 Å². The van der Waals surface area contributed by atoms with Gasteiger partial charge in [0.25, 0.3) is 0 Å². The number of benzene rings is 1. The fourth-order valence-corrected chi connectivity index (χ4v) is 3.74. The van der Waals surface area contributed by atoms with Crippen molar-refractivity contribution < 1.29 is 9.59 Å². The molecule has 1 fully saturated rings. The van der Waals surface area contributed by atoms with Crippen LogP contribution in [0.2, 0.25) is 0 Å². The van der Waals surface area contributed by atoms with Crippen LogP contribution in [0.3, 0.4) is 0 Å². The molecule has 1 aliphatic rings. The van der Waals surface area contributed by atoms with Gasteiger partial charge >= 0.3 is 0 Å². The van der Waals surface area contributed by atoms with Gasteiger partial charge in [-0.25, -0.2) is 4.98 Å². The number of Topliss-reactive ketones (excluding diaryl/α,β-unsaturated/α-hetero) is 1. The highest BCUT2D eigenvalue weighted by molar-refractivity contribution is 7.17. The first kappa shape index (κ1) is 17.5. The normalized spacial score (nSPS) is 13.4. The van der Waals surface area contributed by atoms with Crippen LogP contribution in [-0.2, 0) is 4.79 Å². The van der Waals surface area contributed by atoms with Crippen molar-refractivity contribution in [1.29, 1.82) is 0 Å². The molecule has 5 nitrogen and oxygen atoms in total. The fourth-order valence-electron chi connectivity index (χ4n) is 2.85. The molecule has 1 saturated carbocycles. The number of anilines is 1. The maximum absolute atomic E-state index is 12.1. The molecule has 0 unspecified atom stereocenters. The minimum atomic E-state index is -0.00541. The second kappa shape index (κ2) is 7.04. The number of carbonyl (C=O) groups excluding carboxylic acids is 2. The second-order valence-corrected chi connectivity index (χ2v) is 7.89. The molecular formula is C21H19N3O2S. The number of thiophene rings is 1. The Labute approximate surface area is 161 Å². The summed E-state index contributed by atoms with van der Waals surface area (Å²) in [5.41, 5.74) is 3.49. The number of amides is 1. The molecular weight excluding hydrogens is 358 g/mol. The van der Waals surface area contributed by atoms with Crippen molar-refractivity contribution in [2.75, 3.05) is 5.32 Å². The smallest absolute Gasteiger partial charge is 0.228 e. The highest BCUT2D eigenvalue weighted by Gasteiger charge is 2.30. The summed E-state index contributed by atoms with van der Waals surface area (Å²) >= 11 is 1.39. The molecule has 0 saturated heterocycles. The summed E-state index contributed by atoms with van der Waals surface area (Å²) in [7, 11) is 0. The van der Waals surface area contributed by atoms with Crippen LogP contribution < -0.4 is 5.32 Å². The number of ketones is 1. The van der Waals surface area contributed by atoms with Crippen molar-refractivity contribution in [1.82, 2.24) is 9.97 Å². The highest BCUT2D eigenvalue weighted by Crippen LogP contribution is 2.35. The van der Waals surface area contributed by atoms with E-state index in [-0.39, 0.29) is 17.6 Å². The predicted octanol–water partition coefficient (Wildman–Crippen LogP) is 4.73. The molecule has 1 aliphatic carbocycles. The molecule has 0 aliphatic heterocycles. The van der Waals surface area contributed by atoms with E-state index in [1.165, 1.54) is 11.3 Å². The quantitative estimate of drug-likeness (QED) is 0.652. The molecule has 1 N–H and O–H groups in total. The van der Waals surface area contributed by atoms with E-state index in [9.17, 15) is 9.59 Å². The summed E-state index contributed by atoms with van der Waals surface area (Å²) in [6, 6.07) is 11.7. The van der Waals surface area contributed by atoms with Gasteiger partial charge in [0.05, 0.1) is 21.6 Å². The van der Waals surface area contributed by atoms with Crippen LogP contribution in [0.1, 0.15) is 35.0 Å². The van der Waals surface area contributed by atoms with Crippen LogP contribution in [0.4, 0.5) is 5.82 Å². The van der Waals surface area contributed by atoms with Crippen molar-refractivity contribution in [2.45, 2.75) is 26.7 Å². The summed E-state index contributed by atoms with van der Waals surface area (Å²) in [5.74, 6) is 0.553. The van der Waals surface area contributed by atoms with Crippen molar-refractivity contribution in [3.05, 3.63) is 53.0 Å². The van der Waals surface area contributed by atoms with E-state index in [2.05, 4.69) is 21.4 Å². The summed E-state index contributed by atoms with van der Waals surface area (Å²) in [4.78, 5) is 34.6. The van der Waals surface area contributed by atoms with Gasteiger partial charge in [-0.1, -0.05) is 23.8 Å². The molecule has 0 spiro atoms. The number of nitrogens with one attached hydrogen (secondary N) is 1. The van der Waals surface area contributed by atoms with Crippen molar-refractivity contribution >= 4 is 28.8 Å². The van der Waals surface area contributed by atoms with Gasteiger partial charge in [0.15, 0.2) is 11.6 Å². The van der Waals surface area contributed by atoms with Gasteiger partial charge in [0, 0.05) is 11.5 Å². The van der Waals surface area contributed by atoms with Crippen LogP contribution in [0.5, 0.6) is 0 Å². The van der Waals surface area contributed by atoms with Crippen LogP contribution >= 0.6 is 11.3 Å². The zero-order valence-corrected chi connectivity index (χ0v) is 16.0. The van der Waals surface area contributed by atoms with Gasteiger partial charge < -0.3 is 5.32 Å². The number of aromatic nitrogens is 2. The van der Waals surface area contributed by atoms with Crippen molar-refractivity contribution in [3.8, 4) is 21.8 Å². The van der Waals surface area contributed by atoms with E-state index in [1.807, 2.05) is 31.2 Å². The van der Waals surface area contributed by atoms with Gasteiger partial charge in [0.2, 0.25) is 5.91 Å². The maximum Gasteiger partial charge on any atom is 0.228 e. The third-order valence-electron chi connectivity index (χ3n) is 4.45. The van der Waals surface area contributed by atoms with E-state index in [0.717, 1.165) is 34.5 Å². The number of rotatable bonds is 5. The molecule has 3 aromatic rings. The van der Waals surface area contributed by atoms with Gasteiger partial charge in [-0.05, 0) is 44.9 Å². The lowest BCUT2D eigenvalue weighted by Crippen LogP contribution is -2.15. The van der Waals surface area contributed by atoms with Crippen molar-refractivity contribution in [2.24, 2.45) is 5.92 Å². The number of hydrogen-bond acceptors (Lipinski definition) is 5. The lowest BCUT2D eigenvalue weighted by Gasteiger charge is -2.10. The molecule has 0 radical (unpaired) electrons. The fraction of sp³-hybridized carbons (Fsp3) is 0.238. The van der Waals surface area contributed by atoms with Crippen LogP contribution in [0.15, 0.2) is 42.6 Å². The Morgan fingerprint density at radius 1 is 1.15 bits per heavy atom. The van der Waals surface area contributed by atoms with Crippen LogP contribution in [-0.4, -0.2) is 21.7 Å². The minimum Gasteiger partial charge on any atom is -0.309 e. The van der Waals surface area contributed by atoms with Crippen LogP contribution in [0.25, 0.3) is 21.8 Å². The minimum absolute atomic E-state index is 0.00541. The Hall–Kier alpha value is -2.86. The average Bonchev–Trinajstić information content (AvgIpc) is 3.38. The first-order valence-electron chi connectivity index (χ1n) is 8.87. The molecule has 4 rings (SSSR count). The Bertz CT molecular complexity index is 1040. The predicted molar refractivity (Wildman–Crippen MR) is 107 cm³/mol. The number of nitrogens with zero attached hydrogens (tertiary/aromatic N) is 2. The molecule has 6 heteroatoms.